The third kappa shape index (κ3) is 0.948. The van der Waals surface area contributed by atoms with Crippen molar-refractivity contribution in [2.24, 2.45) is 17.1 Å². The summed E-state index contributed by atoms with van der Waals surface area (Å²) in [6.45, 7) is 0. The van der Waals surface area contributed by atoms with E-state index in [1.807, 2.05) is 0 Å². The van der Waals surface area contributed by atoms with Gasteiger partial charge in [-0.1, -0.05) is 0 Å². The predicted octanol–water partition coefficient (Wildman–Crippen LogP) is 0.588. The van der Waals surface area contributed by atoms with Gasteiger partial charge in [0.25, 0.3) is 0 Å². The Kier molecular flexibility index (Phi) is 1.27. The first-order valence-corrected chi connectivity index (χ1v) is 4.12. The number of carbonyl (C=O) groups is 1. The van der Waals surface area contributed by atoms with Gasteiger partial charge in [0.05, 0.1) is 5.92 Å². The van der Waals surface area contributed by atoms with Crippen molar-refractivity contribution in [3.8, 4) is 0 Å². The van der Waals surface area contributed by atoms with E-state index in [0.29, 0.717) is 0 Å². The number of aliphatic carboxylic acids is 1. The predicted molar refractivity (Wildman–Crippen MR) is 40.0 cm³/mol. The molecule has 11 heavy (non-hydrogen) atoms. The molecule has 2 aliphatic rings. The molecule has 0 amide bonds. The highest BCUT2D eigenvalue weighted by Crippen LogP contribution is 2.62. The molecule has 0 saturated heterocycles. The van der Waals surface area contributed by atoms with Gasteiger partial charge in [0.1, 0.15) is 0 Å². The van der Waals surface area contributed by atoms with E-state index in [9.17, 15) is 4.79 Å². The van der Waals surface area contributed by atoms with Crippen molar-refractivity contribution < 1.29 is 9.90 Å². The minimum absolute atomic E-state index is 0.0731. The summed E-state index contributed by atoms with van der Waals surface area (Å²) < 4.78 is 0. The second kappa shape index (κ2) is 1.97. The molecular formula is C8H13NO2. The summed E-state index contributed by atoms with van der Waals surface area (Å²) >= 11 is 0. The van der Waals surface area contributed by atoms with Crippen LogP contribution in [0.4, 0.5) is 0 Å². The summed E-state index contributed by atoms with van der Waals surface area (Å²) in [5, 5.41) is 8.72. The number of hydrogen-bond acceptors (Lipinski definition) is 2. The molecular weight excluding hydrogens is 142 g/mol. The minimum Gasteiger partial charge on any atom is -0.481 e. The fourth-order valence-corrected chi connectivity index (χ4v) is 2.40. The number of nitrogens with two attached hydrogens (primary N) is 1. The van der Waals surface area contributed by atoms with Crippen LogP contribution < -0.4 is 5.73 Å². The number of rotatable bonds is 1. The largest absolute Gasteiger partial charge is 0.481 e. The third-order valence-corrected chi connectivity index (χ3v) is 3.17. The topological polar surface area (TPSA) is 63.3 Å². The van der Waals surface area contributed by atoms with Crippen molar-refractivity contribution in [1.82, 2.24) is 0 Å². The second-order valence-electron chi connectivity index (χ2n) is 3.96. The van der Waals surface area contributed by atoms with E-state index < -0.39 is 5.97 Å². The molecule has 0 aromatic heterocycles. The van der Waals surface area contributed by atoms with Gasteiger partial charge in [-0.2, -0.15) is 0 Å². The van der Waals surface area contributed by atoms with Gasteiger partial charge in [0.2, 0.25) is 0 Å². The first-order valence-electron chi connectivity index (χ1n) is 4.12. The fourth-order valence-electron chi connectivity index (χ4n) is 2.40. The van der Waals surface area contributed by atoms with Gasteiger partial charge in [-0.05, 0) is 31.1 Å². The van der Waals surface area contributed by atoms with Gasteiger partial charge in [-0.15, -0.1) is 0 Å². The molecule has 2 saturated carbocycles. The summed E-state index contributed by atoms with van der Waals surface area (Å²) in [6.07, 6.45) is 3.86. The lowest BCUT2D eigenvalue weighted by molar-refractivity contribution is -0.139. The molecule has 0 radical (unpaired) electrons. The van der Waals surface area contributed by atoms with Crippen LogP contribution in [0.15, 0.2) is 0 Å². The van der Waals surface area contributed by atoms with Crippen molar-refractivity contribution in [3.05, 3.63) is 0 Å². The third-order valence-electron chi connectivity index (χ3n) is 3.17. The second-order valence-corrected chi connectivity index (χ2v) is 3.96. The van der Waals surface area contributed by atoms with Crippen molar-refractivity contribution in [2.45, 2.75) is 31.7 Å². The van der Waals surface area contributed by atoms with Gasteiger partial charge < -0.3 is 10.8 Å². The van der Waals surface area contributed by atoms with E-state index in [1.165, 1.54) is 0 Å². The van der Waals surface area contributed by atoms with Crippen LogP contribution in [-0.4, -0.2) is 17.1 Å². The zero-order valence-corrected chi connectivity index (χ0v) is 6.42. The summed E-state index contributed by atoms with van der Waals surface area (Å²) in [4.78, 5) is 10.6. The van der Waals surface area contributed by atoms with E-state index in [4.69, 9.17) is 10.8 Å². The smallest absolute Gasteiger partial charge is 0.307 e. The van der Waals surface area contributed by atoms with Crippen LogP contribution in [0.3, 0.4) is 0 Å². The molecule has 62 valence electrons. The molecule has 2 rings (SSSR count). The van der Waals surface area contributed by atoms with Crippen molar-refractivity contribution in [1.29, 1.82) is 0 Å². The molecule has 0 heterocycles. The maximum atomic E-state index is 10.6. The SMILES string of the molecule is NC1CCC2(C1)CC2C(=O)O. The molecule has 1 spiro atoms. The highest BCUT2D eigenvalue weighted by Gasteiger charge is 2.60. The van der Waals surface area contributed by atoms with Crippen LogP contribution in [0.5, 0.6) is 0 Å². The Balaban J connectivity index is 2.02. The van der Waals surface area contributed by atoms with Crippen LogP contribution >= 0.6 is 0 Å². The maximum absolute atomic E-state index is 10.6. The Morgan fingerprint density at radius 3 is 2.64 bits per heavy atom. The van der Waals surface area contributed by atoms with Crippen LogP contribution in [0.1, 0.15) is 25.7 Å². The van der Waals surface area contributed by atoms with Gasteiger partial charge in [-0.3, -0.25) is 4.79 Å². The normalized spacial score (nSPS) is 48.1. The van der Waals surface area contributed by atoms with E-state index in [0.717, 1.165) is 25.7 Å². The van der Waals surface area contributed by atoms with Gasteiger partial charge in [0.15, 0.2) is 0 Å². The minimum atomic E-state index is -0.626. The standard InChI is InChI=1S/C8H13NO2/c9-5-1-2-8(3-5)4-6(8)7(10)11/h5-6H,1-4,9H2,(H,10,11). The first-order chi connectivity index (χ1) is 5.14. The van der Waals surface area contributed by atoms with E-state index in [-0.39, 0.29) is 17.4 Å². The molecule has 3 unspecified atom stereocenters. The fraction of sp³-hybridized carbons (Fsp3) is 0.875. The maximum Gasteiger partial charge on any atom is 0.307 e. The molecule has 0 aromatic rings. The zero-order chi connectivity index (χ0) is 8.06. The van der Waals surface area contributed by atoms with Gasteiger partial charge >= 0.3 is 5.97 Å². The van der Waals surface area contributed by atoms with Crippen molar-refractivity contribution in [3.63, 3.8) is 0 Å². The van der Waals surface area contributed by atoms with Crippen molar-refractivity contribution >= 4 is 5.97 Å². The monoisotopic (exact) mass is 155 g/mol. The Hall–Kier alpha value is -0.570. The molecule has 0 bridgehead atoms. The molecule has 3 atom stereocenters. The molecule has 2 aliphatic carbocycles. The van der Waals surface area contributed by atoms with Crippen LogP contribution in [0.25, 0.3) is 0 Å². The van der Waals surface area contributed by atoms with Crippen LogP contribution in [0, 0.1) is 11.3 Å². The molecule has 3 heteroatoms. The summed E-state index contributed by atoms with van der Waals surface area (Å²) in [5.74, 6) is -0.699. The van der Waals surface area contributed by atoms with Crippen molar-refractivity contribution in [2.75, 3.05) is 0 Å². The zero-order valence-electron chi connectivity index (χ0n) is 6.42. The Bertz CT molecular complexity index is 204. The van der Waals surface area contributed by atoms with Gasteiger partial charge in [0, 0.05) is 6.04 Å². The number of carboxylic acids is 1. The highest BCUT2D eigenvalue weighted by molar-refractivity contribution is 5.74. The lowest BCUT2D eigenvalue weighted by atomic mass is 10.0. The quantitative estimate of drug-likeness (QED) is 0.582. The summed E-state index contributed by atoms with van der Waals surface area (Å²) in [5.41, 5.74) is 5.85. The highest BCUT2D eigenvalue weighted by atomic mass is 16.4. The van der Waals surface area contributed by atoms with Crippen LogP contribution in [-0.2, 0) is 4.79 Å². The van der Waals surface area contributed by atoms with Crippen LogP contribution in [0.2, 0.25) is 0 Å². The summed E-state index contributed by atoms with van der Waals surface area (Å²) in [7, 11) is 0. The van der Waals surface area contributed by atoms with E-state index in [1.54, 1.807) is 0 Å². The number of hydrogen-bond donors (Lipinski definition) is 2. The average Bonchev–Trinajstić information content (AvgIpc) is 2.48. The van der Waals surface area contributed by atoms with E-state index >= 15 is 0 Å². The summed E-state index contributed by atoms with van der Waals surface area (Å²) in [6, 6.07) is 0.263. The Morgan fingerprint density at radius 2 is 2.27 bits per heavy atom. The van der Waals surface area contributed by atoms with Gasteiger partial charge in [-0.25, -0.2) is 0 Å². The number of carboxylic acid groups (broad SMARTS) is 1. The average molecular weight is 155 g/mol. The molecule has 0 aromatic carbocycles. The Labute approximate surface area is 65.6 Å². The lowest BCUT2D eigenvalue weighted by Gasteiger charge is -2.04. The molecule has 3 nitrogen and oxygen atoms in total. The van der Waals surface area contributed by atoms with E-state index in [2.05, 4.69) is 0 Å². The molecule has 2 fully saturated rings. The first kappa shape index (κ1) is 7.10. The lowest BCUT2D eigenvalue weighted by Crippen LogP contribution is -2.16. The molecule has 3 N–H and O–H groups in total. The molecule has 0 aliphatic heterocycles. The Morgan fingerprint density at radius 1 is 1.55 bits per heavy atom.